The number of fused-ring (bicyclic) bond motifs is 1. The van der Waals surface area contributed by atoms with Crippen LogP contribution in [0.2, 0.25) is 5.02 Å². The molecule has 5 rings (SSSR count). The molecule has 170 valence electrons. The number of benzene rings is 4. The van der Waals surface area contributed by atoms with Crippen molar-refractivity contribution in [1.29, 1.82) is 0 Å². The summed E-state index contributed by atoms with van der Waals surface area (Å²) in [6, 6.07) is 29.9. The molecule has 0 saturated carbocycles. The van der Waals surface area contributed by atoms with Gasteiger partial charge in [-0.2, -0.15) is 0 Å². The molecule has 0 aromatic heterocycles. The molecule has 0 saturated heterocycles. The highest BCUT2D eigenvalue weighted by molar-refractivity contribution is 7.93. The van der Waals surface area contributed by atoms with Crippen molar-refractivity contribution in [3.63, 3.8) is 0 Å². The summed E-state index contributed by atoms with van der Waals surface area (Å²) >= 11 is 6.12. The number of halogens is 1. The summed E-state index contributed by atoms with van der Waals surface area (Å²) in [5.41, 5.74) is 1.64. The Hall–Kier alpha value is -3.38. The maximum Gasteiger partial charge on any atom is 0.268 e. The summed E-state index contributed by atoms with van der Waals surface area (Å²) < 4.78 is 29.3. The summed E-state index contributed by atoms with van der Waals surface area (Å²) in [4.78, 5) is 0.146. The normalized spacial score (nSPS) is 18.8. The summed E-state index contributed by atoms with van der Waals surface area (Å²) in [7, 11) is -4.05. The quantitative estimate of drug-likeness (QED) is 0.376. The molecule has 1 aliphatic rings. The lowest BCUT2D eigenvalue weighted by Crippen LogP contribution is -2.35. The van der Waals surface area contributed by atoms with Gasteiger partial charge in [0.25, 0.3) is 10.0 Å². The van der Waals surface area contributed by atoms with Crippen molar-refractivity contribution in [2.45, 2.75) is 17.4 Å². The molecule has 0 spiro atoms. The fraction of sp³-hybridized carbons (Fsp3) is 0.0714. The standard InChI is InChI=1S/C28H22ClNO3S/c1-20-11-17-24(18-12-20)34(32,33)30-26-10-6-5-9-25(26)28(31,22-13-15-23(29)16-14-22)27(30)19-21-7-3-2-4-8-21/h2-19,31H,1H3/b27-19-. The predicted molar refractivity (Wildman–Crippen MR) is 136 cm³/mol. The van der Waals surface area contributed by atoms with Crippen molar-refractivity contribution in [3.8, 4) is 0 Å². The van der Waals surface area contributed by atoms with Crippen LogP contribution in [-0.4, -0.2) is 13.5 Å². The molecule has 1 atom stereocenters. The lowest BCUT2D eigenvalue weighted by Gasteiger charge is -2.29. The Morgan fingerprint density at radius 2 is 1.44 bits per heavy atom. The first-order chi connectivity index (χ1) is 16.3. The number of rotatable bonds is 4. The van der Waals surface area contributed by atoms with E-state index in [4.69, 9.17) is 11.6 Å². The van der Waals surface area contributed by atoms with Gasteiger partial charge in [-0.25, -0.2) is 12.7 Å². The van der Waals surface area contributed by atoms with Crippen LogP contribution in [0.25, 0.3) is 6.08 Å². The van der Waals surface area contributed by atoms with E-state index in [9.17, 15) is 13.5 Å². The van der Waals surface area contributed by atoms with E-state index >= 15 is 0 Å². The molecule has 0 fully saturated rings. The van der Waals surface area contributed by atoms with E-state index in [0.717, 1.165) is 11.1 Å². The average molecular weight is 488 g/mol. The lowest BCUT2D eigenvalue weighted by atomic mass is 9.85. The minimum absolute atomic E-state index is 0.146. The Morgan fingerprint density at radius 3 is 2.12 bits per heavy atom. The molecule has 4 aromatic rings. The zero-order chi connectivity index (χ0) is 23.9. The number of nitrogens with zero attached hydrogens (tertiary/aromatic N) is 1. The molecular weight excluding hydrogens is 466 g/mol. The van der Waals surface area contributed by atoms with E-state index in [-0.39, 0.29) is 10.6 Å². The molecule has 1 unspecified atom stereocenters. The zero-order valence-electron chi connectivity index (χ0n) is 18.4. The largest absolute Gasteiger partial charge is 0.374 e. The van der Waals surface area contributed by atoms with Crippen LogP contribution in [0.3, 0.4) is 0 Å². The van der Waals surface area contributed by atoms with E-state index < -0.39 is 15.6 Å². The van der Waals surface area contributed by atoms with Gasteiger partial charge >= 0.3 is 0 Å². The molecule has 0 bridgehead atoms. The molecule has 4 nitrogen and oxygen atoms in total. The topological polar surface area (TPSA) is 57.6 Å². The number of anilines is 1. The minimum Gasteiger partial charge on any atom is -0.374 e. The summed E-state index contributed by atoms with van der Waals surface area (Å²) in [5.74, 6) is 0. The Morgan fingerprint density at radius 1 is 0.824 bits per heavy atom. The van der Waals surface area contributed by atoms with Gasteiger partial charge in [0.1, 0.15) is 0 Å². The highest BCUT2D eigenvalue weighted by atomic mass is 35.5. The van der Waals surface area contributed by atoms with Gasteiger partial charge in [-0.15, -0.1) is 0 Å². The third kappa shape index (κ3) is 3.62. The van der Waals surface area contributed by atoms with Crippen LogP contribution < -0.4 is 4.31 Å². The van der Waals surface area contributed by atoms with Crippen molar-refractivity contribution >= 4 is 33.4 Å². The molecule has 1 aliphatic heterocycles. The molecule has 0 radical (unpaired) electrons. The van der Waals surface area contributed by atoms with Crippen molar-refractivity contribution < 1.29 is 13.5 Å². The molecular formula is C28H22ClNO3S. The highest BCUT2D eigenvalue weighted by Gasteiger charge is 2.51. The number of aryl methyl sites for hydroxylation is 1. The van der Waals surface area contributed by atoms with Gasteiger partial charge < -0.3 is 5.11 Å². The number of hydrogen-bond acceptors (Lipinski definition) is 3. The van der Waals surface area contributed by atoms with Gasteiger partial charge in [0.15, 0.2) is 5.60 Å². The molecule has 1 N–H and O–H groups in total. The predicted octanol–water partition coefficient (Wildman–Crippen LogP) is 6.13. The summed E-state index contributed by atoms with van der Waals surface area (Å²) in [6.45, 7) is 1.90. The van der Waals surface area contributed by atoms with Crippen LogP contribution in [0.15, 0.2) is 114 Å². The SMILES string of the molecule is Cc1ccc(S(=O)(=O)N2/C(=C\c3ccccc3)C(O)(c3ccc(Cl)cc3)c3ccccc32)cc1. The van der Waals surface area contributed by atoms with E-state index in [0.29, 0.717) is 21.8 Å². The van der Waals surface area contributed by atoms with Gasteiger partial charge in [0, 0.05) is 10.6 Å². The molecule has 4 aromatic carbocycles. The molecule has 1 heterocycles. The fourth-order valence-corrected chi connectivity index (χ4v) is 5.99. The highest BCUT2D eigenvalue weighted by Crippen LogP contribution is 2.52. The second-order valence-corrected chi connectivity index (χ2v) is 10.5. The third-order valence-electron chi connectivity index (χ3n) is 6.03. The van der Waals surface area contributed by atoms with Crippen molar-refractivity contribution in [3.05, 3.63) is 136 Å². The molecule has 34 heavy (non-hydrogen) atoms. The third-order valence-corrected chi connectivity index (χ3v) is 8.02. The number of sulfonamides is 1. The summed E-state index contributed by atoms with van der Waals surface area (Å²) in [6.07, 6.45) is 1.72. The Bertz CT molecular complexity index is 1480. The van der Waals surface area contributed by atoms with E-state index in [1.165, 1.54) is 4.31 Å². The van der Waals surface area contributed by atoms with E-state index in [1.54, 1.807) is 78.9 Å². The van der Waals surface area contributed by atoms with Crippen molar-refractivity contribution in [1.82, 2.24) is 0 Å². The van der Waals surface area contributed by atoms with Crippen LogP contribution in [0.1, 0.15) is 22.3 Å². The Balaban J connectivity index is 1.82. The van der Waals surface area contributed by atoms with Gasteiger partial charge in [-0.1, -0.05) is 90.0 Å². The van der Waals surface area contributed by atoms with Crippen LogP contribution in [0, 0.1) is 6.92 Å². The van der Waals surface area contributed by atoms with Crippen LogP contribution >= 0.6 is 11.6 Å². The monoisotopic (exact) mass is 487 g/mol. The smallest absolute Gasteiger partial charge is 0.268 e. The first-order valence-electron chi connectivity index (χ1n) is 10.8. The summed E-state index contributed by atoms with van der Waals surface area (Å²) in [5, 5.41) is 12.9. The van der Waals surface area contributed by atoms with Crippen molar-refractivity contribution in [2.24, 2.45) is 0 Å². The average Bonchev–Trinajstić information content (AvgIpc) is 3.10. The van der Waals surface area contributed by atoms with Crippen LogP contribution in [0.4, 0.5) is 5.69 Å². The Kier molecular flexibility index (Phi) is 5.56. The second-order valence-electron chi connectivity index (χ2n) is 8.26. The first kappa shape index (κ1) is 22.4. The maximum atomic E-state index is 14.0. The molecule has 0 amide bonds. The minimum atomic E-state index is -4.05. The number of aliphatic hydroxyl groups is 1. The van der Waals surface area contributed by atoms with Crippen molar-refractivity contribution in [2.75, 3.05) is 4.31 Å². The van der Waals surface area contributed by atoms with Gasteiger partial charge in [0.2, 0.25) is 0 Å². The van der Waals surface area contributed by atoms with Crippen LogP contribution in [0.5, 0.6) is 0 Å². The first-order valence-corrected chi connectivity index (χ1v) is 12.6. The van der Waals surface area contributed by atoms with E-state index in [2.05, 4.69) is 0 Å². The number of para-hydroxylation sites is 1. The maximum absolute atomic E-state index is 14.0. The lowest BCUT2D eigenvalue weighted by molar-refractivity contribution is 0.128. The van der Waals surface area contributed by atoms with Gasteiger partial charge in [-0.05, 0) is 54.5 Å². The van der Waals surface area contributed by atoms with Gasteiger partial charge in [-0.3, -0.25) is 0 Å². The van der Waals surface area contributed by atoms with E-state index in [1.807, 2.05) is 37.3 Å². The Labute approximate surface area is 204 Å². The molecule has 0 aliphatic carbocycles. The molecule has 6 heteroatoms. The van der Waals surface area contributed by atoms with Crippen LogP contribution in [-0.2, 0) is 15.6 Å². The number of hydrogen-bond donors (Lipinski definition) is 1. The van der Waals surface area contributed by atoms with Gasteiger partial charge in [0.05, 0.1) is 16.3 Å². The second kappa shape index (κ2) is 8.44. The zero-order valence-corrected chi connectivity index (χ0v) is 20.0. The fourth-order valence-electron chi connectivity index (χ4n) is 4.31.